The largest absolute Gasteiger partial charge is 0.375 e. The molecule has 4 nitrogen and oxygen atoms in total. The Kier molecular flexibility index (Phi) is 4.40. The summed E-state index contributed by atoms with van der Waals surface area (Å²) in [5.74, 6) is -0.641. The number of carbonyl (C=O) groups excluding carboxylic acids is 2. The van der Waals surface area contributed by atoms with Crippen LogP contribution in [0.15, 0.2) is 40.2 Å². The summed E-state index contributed by atoms with van der Waals surface area (Å²) in [6.45, 7) is 2.49. The van der Waals surface area contributed by atoms with E-state index in [0.29, 0.717) is 22.7 Å². The summed E-state index contributed by atoms with van der Waals surface area (Å²) >= 11 is 4.69. The fraction of sp³-hybridized carbons (Fsp3) is 0.294. The smallest absolute Gasteiger partial charge is 0.264 e. The highest BCUT2D eigenvalue weighted by atomic mass is 79.9. The number of carbonyl (C=O) groups is 2. The van der Waals surface area contributed by atoms with Crippen molar-refractivity contribution >= 4 is 44.6 Å². The van der Waals surface area contributed by atoms with Crippen molar-refractivity contribution in [3.8, 4) is 0 Å². The van der Waals surface area contributed by atoms with E-state index in [-0.39, 0.29) is 12.2 Å². The van der Waals surface area contributed by atoms with E-state index in [2.05, 4.69) is 15.9 Å². The first-order valence-electron chi connectivity index (χ1n) is 7.38. The highest BCUT2D eigenvalue weighted by molar-refractivity contribution is 9.10. The summed E-state index contributed by atoms with van der Waals surface area (Å²) in [5, 5.41) is 12.9. The number of halogens is 1. The predicted molar refractivity (Wildman–Crippen MR) is 93.9 cm³/mol. The van der Waals surface area contributed by atoms with E-state index in [0.717, 1.165) is 10.9 Å². The summed E-state index contributed by atoms with van der Waals surface area (Å²) in [5.41, 5.74) is -0.619. The lowest BCUT2D eigenvalue weighted by atomic mass is 9.89. The number of thiophene rings is 1. The minimum Gasteiger partial charge on any atom is -0.375 e. The Morgan fingerprint density at radius 1 is 1.39 bits per heavy atom. The Labute approximate surface area is 146 Å². The number of hydrogen-bond donors (Lipinski definition) is 1. The number of hydrogen-bond acceptors (Lipinski definition) is 4. The van der Waals surface area contributed by atoms with Crippen LogP contribution in [0, 0.1) is 0 Å². The molecule has 2 heterocycles. The van der Waals surface area contributed by atoms with Crippen LogP contribution in [0.5, 0.6) is 0 Å². The van der Waals surface area contributed by atoms with Gasteiger partial charge in [-0.15, -0.1) is 11.3 Å². The van der Waals surface area contributed by atoms with Gasteiger partial charge in [-0.05, 0) is 36.1 Å². The maximum atomic E-state index is 12.8. The van der Waals surface area contributed by atoms with Crippen LogP contribution in [-0.4, -0.2) is 23.3 Å². The zero-order chi connectivity index (χ0) is 16.6. The Balaban J connectivity index is 2.02. The highest BCUT2D eigenvalue weighted by Gasteiger charge is 2.50. The van der Waals surface area contributed by atoms with Gasteiger partial charge in [0, 0.05) is 16.6 Å². The van der Waals surface area contributed by atoms with Crippen molar-refractivity contribution in [2.45, 2.75) is 25.4 Å². The molecule has 0 radical (unpaired) electrons. The van der Waals surface area contributed by atoms with E-state index in [1.54, 1.807) is 29.2 Å². The van der Waals surface area contributed by atoms with E-state index in [9.17, 15) is 14.7 Å². The lowest BCUT2D eigenvalue weighted by molar-refractivity contribution is -0.135. The van der Waals surface area contributed by atoms with Gasteiger partial charge in [-0.1, -0.05) is 28.9 Å². The molecule has 1 aromatic heterocycles. The molecule has 1 amide bonds. The van der Waals surface area contributed by atoms with Gasteiger partial charge in [-0.25, -0.2) is 0 Å². The number of amides is 1. The van der Waals surface area contributed by atoms with Gasteiger partial charge in [0.25, 0.3) is 5.91 Å². The first kappa shape index (κ1) is 16.4. The molecule has 0 saturated heterocycles. The van der Waals surface area contributed by atoms with Crippen molar-refractivity contribution < 1.29 is 14.7 Å². The van der Waals surface area contributed by atoms with Crippen molar-refractivity contribution in [3.05, 3.63) is 50.6 Å². The van der Waals surface area contributed by atoms with E-state index in [1.807, 2.05) is 18.4 Å². The van der Waals surface area contributed by atoms with Gasteiger partial charge in [0.05, 0.1) is 17.0 Å². The normalized spacial score (nSPS) is 20.0. The van der Waals surface area contributed by atoms with Gasteiger partial charge >= 0.3 is 0 Å². The average molecular weight is 394 g/mol. The molecule has 0 fully saturated rings. The molecule has 6 heteroatoms. The van der Waals surface area contributed by atoms with Crippen molar-refractivity contribution in [1.29, 1.82) is 0 Å². The van der Waals surface area contributed by atoms with E-state index >= 15 is 0 Å². The maximum absolute atomic E-state index is 12.8. The zero-order valence-corrected chi connectivity index (χ0v) is 15.0. The lowest BCUT2D eigenvalue weighted by Gasteiger charge is -2.22. The van der Waals surface area contributed by atoms with Crippen molar-refractivity contribution in [2.75, 3.05) is 11.4 Å². The summed E-state index contributed by atoms with van der Waals surface area (Å²) in [4.78, 5) is 27.4. The third-order valence-corrected chi connectivity index (χ3v) is 5.36. The van der Waals surface area contributed by atoms with Crippen LogP contribution < -0.4 is 4.90 Å². The molecule has 23 heavy (non-hydrogen) atoms. The van der Waals surface area contributed by atoms with Gasteiger partial charge in [-0.3, -0.25) is 9.59 Å². The summed E-state index contributed by atoms with van der Waals surface area (Å²) < 4.78 is 0.768. The van der Waals surface area contributed by atoms with Gasteiger partial charge in [-0.2, -0.15) is 0 Å². The molecule has 1 aliphatic rings. The first-order valence-corrected chi connectivity index (χ1v) is 9.05. The fourth-order valence-electron chi connectivity index (χ4n) is 2.90. The number of rotatable bonds is 5. The van der Waals surface area contributed by atoms with Crippen LogP contribution >= 0.6 is 27.3 Å². The second-order valence-electron chi connectivity index (χ2n) is 5.56. The van der Waals surface area contributed by atoms with Crippen LogP contribution in [0.4, 0.5) is 5.69 Å². The average Bonchev–Trinajstić information content (AvgIpc) is 3.11. The van der Waals surface area contributed by atoms with Crippen molar-refractivity contribution in [3.63, 3.8) is 0 Å². The molecule has 0 bridgehead atoms. The highest BCUT2D eigenvalue weighted by Crippen LogP contribution is 2.44. The molecule has 0 spiro atoms. The van der Waals surface area contributed by atoms with E-state index < -0.39 is 11.5 Å². The first-order chi connectivity index (χ1) is 11.0. The standard InChI is InChI=1S/C17H16BrNO3S/c1-2-7-19-13-6-5-11(18)9-12(13)17(22,16(19)21)10-14(20)15-4-3-8-23-15/h3-6,8-9,22H,2,7,10H2,1H3/t17-/m0/s1. The summed E-state index contributed by atoms with van der Waals surface area (Å²) in [7, 11) is 0. The fourth-order valence-corrected chi connectivity index (χ4v) is 3.92. The van der Waals surface area contributed by atoms with Gasteiger partial charge in [0.2, 0.25) is 0 Å². The summed E-state index contributed by atoms with van der Waals surface area (Å²) in [6, 6.07) is 8.86. The quantitative estimate of drug-likeness (QED) is 0.787. The minimum absolute atomic E-state index is 0.222. The number of aliphatic hydroxyl groups is 1. The molecule has 2 aromatic rings. The number of anilines is 1. The van der Waals surface area contributed by atoms with Crippen LogP contribution in [0.3, 0.4) is 0 Å². The SMILES string of the molecule is CCCN1C(=O)[C@](O)(CC(=O)c2cccs2)c2cc(Br)ccc21. The molecule has 0 aliphatic carbocycles. The molecular formula is C17H16BrNO3S. The second kappa shape index (κ2) is 6.19. The molecule has 1 atom stereocenters. The number of fused-ring (bicyclic) bond motifs is 1. The van der Waals surface area contributed by atoms with E-state index in [4.69, 9.17) is 0 Å². The monoisotopic (exact) mass is 393 g/mol. The molecule has 0 unspecified atom stereocenters. The molecular weight excluding hydrogens is 378 g/mol. The molecule has 1 N–H and O–H groups in total. The maximum Gasteiger partial charge on any atom is 0.264 e. The molecule has 3 rings (SSSR count). The second-order valence-corrected chi connectivity index (χ2v) is 7.42. The summed E-state index contributed by atoms with van der Waals surface area (Å²) in [6.07, 6.45) is 0.534. The number of ketones is 1. The number of Topliss-reactive ketones (excluding diaryl/α,β-unsaturated/α-hetero) is 1. The zero-order valence-electron chi connectivity index (χ0n) is 12.6. The van der Waals surface area contributed by atoms with Crippen LogP contribution in [0.25, 0.3) is 0 Å². The van der Waals surface area contributed by atoms with Gasteiger partial charge in [0.1, 0.15) is 0 Å². The Bertz CT molecular complexity index is 759. The lowest BCUT2D eigenvalue weighted by Crippen LogP contribution is -2.42. The van der Waals surface area contributed by atoms with Crippen LogP contribution in [-0.2, 0) is 10.4 Å². The molecule has 120 valence electrons. The topological polar surface area (TPSA) is 57.6 Å². The van der Waals surface area contributed by atoms with E-state index in [1.165, 1.54) is 11.3 Å². The molecule has 0 saturated carbocycles. The third-order valence-electron chi connectivity index (χ3n) is 3.95. The number of nitrogens with zero attached hydrogens (tertiary/aromatic N) is 1. The Morgan fingerprint density at radius 3 is 2.83 bits per heavy atom. The van der Waals surface area contributed by atoms with Crippen molar-refractivity contribution in [2.24, 2.45) is 0 Å². The number of benzene rings is 1. The van der Waals surface area contributed by atoms with Crippen molar-refractivity contribution in [1.82, 2.24) is 0 Å². The molecule has 1 aromatic carbocycles. The molecule has 1 aliphatic heterocycles. The van der Waals surface area contributed by atoms with Crippen LogP contribution in [0.2, 0.25) is 0 Å². The minimum atomic E-state index is -1.80. The Morgan fingerprint density at radius 2 is 2.17 bits per heavy atom. The van der Waals surface area contributed by atoms with Crippen LogP contribution in [0.1, 0.15) is 35.0 Å². The van der Waals surface area contributed by atoms with Gasteiger partial charge in [0.15, 0.2) is 11.4 Å². The third kappa shape index (κ3) is 2.75. The predicted octanol–water partition coefficient (Wildman–Crippen LogP) is 3.73. The van der Waals surface area contributed by atoms with Gasteiger partial charge < -0.3 is 10.0 Å². The Hall–Kier alpha value is -1.50.